The van der Waals surface area contributed by atoms with Crippen LogP contribution in [0.4, 0.5) is 0 Å². The Morgan fingerprint density at radius 2 is 2.29 bits per heavy atom. The highest BCUT2D eigenvalue weighted by Gasteiger charge is 2.21. The van der Waals surface area contributed by atoms with Gasteiger partial charge in [-0.05, 0) is 25.7 Å². The summed E-state index contributed by atoms with van der Waals surface area (Å²) in [4.78, 5) is 30.0. The predicted molar refractivity (Wildman–Crippen MR) is 83.9 cm³/mol. The third-order valence-electron chi connectivity index (χ3n) is 3.51. The minimum absolute atomic E-state index is 0.00163. The number of likely N-dealkylation sites (tertiary alicyclic amines) is 1. The number of piperidine rings is 1. The molecule has 1 amide bonds. The standard InChI is InChI=1S/C14H20N2O3S2/c1-9-4-3-5-16(7-9)12(17)8-20-14-15-10(2)11(21-14)6-13(18)19/h9H,3-8H2,1-2H3,(H,18,19). The second kappa shape index (κ2) is 7.26. The number of nitrogens with zero attached hydrogens (tertiary/aromatic N) is 2. The van der Waals surface area contributed by atoms with E-state index < -0.39 is 5.97 Å². The maximum Gasteiger partial charge on any atom is 0.308 e. The third-order valence-corrected chi connectivity index (χ3v) is 5.80. The van der Waals surface area contributed by atoms with Gasteiger partial charge in [-0.25, -0.2) is 4.98 Å². The van der Waals surface area contributed by atoms with Crippen molar-refractivity contribution in [2.75, 3.05) is 18.8 Å². The number of thiazole rings is 1. The molecule has 21 heavy (non-hydrogen) atoms. The van der Waals surface area contributed by atoms with E-state index in [1.54, 1.807) is 0 Å². The summed E-state index contributed by atoms with van der Waals surface area (Å²) >= 11 is 2.79. The molecule has 0 radical (unpaired) electrons. The molecule has 1 unspecified atom stereocenters. The van der Waals surface area contributed by atoms with Crippen LogP contribution in [0.5, 0.6) is 0 Å². The van der Waals surface area contributed by atoms with Crippen molar-refractivity contribution in [3.63, 3.8) is 0 Å². The average Bonchev–Trinajstić information content (AvgIpc) is 2.76. The summed E-state index contributed by atoms with van der Waals surface area (Å²) in [7, 11) is 0. The Balaban J connectivity index is 1.87. The molecule has 7 heteroatoms. The van der Waals surface area contributed by atoms with Gasteiger partial charge in [-0.2, -0.15) is 0 Å². The van der Waals surface area contributed by atoms with Crippen LogP contribution in [-0.4, -0.2) is 45.7 Å². The monoisotopic (exact) mass is 328 g/mol. The first-order valence-electron chi connectivity index (χ1n) is 7.04. The Morgan fingerprint density at radius 1 is 1.52 bits per heavy atom. The number of thioether (sulfide) groups is 1. The highest BCUT2D eigenvalue weighted by molar-refractivity contribution is 8.01. The average molecular weight is 328 g/mol. The Kier molecular flexibility index (Phi) is 5.64. The molecule has 116 valence electrons. The van der Waals surface area contributed by atoms with Crippen molar-refractivity contribution in [3.05, 3.63) is 10.6 Å². The highest BCUT2D eigenvalue weighted by Crippen LogP contribution is 2.28. The molecular weight excluding hydrogens is 308 g/mol. The van der Waals surface area contributed by atoms with Crippen molar-refractivity contribution in [2.45, 2.75) is 37.4 Å². The SMILES string of the molecule is Cc1nc(SCC(=O)N2CCCC(C)C2)sc1CC(=O)O. The second-order valence-electron chi connectivity index (χ2n) is 5.43. The van der Waals surface area contributed by atoms with Crippen molar-refractivity contribution in [2.24, 2.45) is 5.92 Å². The first-order chi connectivity index (χ1) is 9.95. The van der Waals surface area contributed by atoms with Crippen LogP contribution in [0.25, 0.3) is 0 Å². The number of carbonyl (C=O) groups excluding carboxylic acids is 1. The number of aryl methyl sites for hydroxylation is 1. The van der Waals surface area contributed by atoms with E-state index in [0.29, 0.717) is 11.7 Å². The van der Waals surface area contributed by atoms with Crippen LogP contribution < -0.4 is 0 Å². The number of carboxylic acids is 1. The van der Waals surface area contributed by atoms with Crippen molar-refractivity contribution in [3.8, 4) is 0 Å². The van der Waals surface area contributed by atoms with Gasteiger partial charge in [-0.15, -0.1) is 11.3 Å². The molecular formula is C14H20N2O3S2. The molecule has 1 N–H and O–H groups in total. The fourth-order valence-corrected chi connectivity index (χ4v) is 4.52. The van der Waals surface area contributed by atoms with Gasteiger partial charge in [-0.1, -0.05) is 18.7 Å². The zero-order valence-electron chi connectivity index (χ0n) is 12.3. The molecule has 1 aromatic rings. The van der Waals surface area contributed by atoms with E-state index in [4.69, 9.17) is 5.11 Å². The van der Waals surface area contributed by atoms with E-state index in [9.17, 15) is 9.59 Å². The summed E-state index contributed by atoms with van der Waals surface area (Å²) in [5.41, 5.74) is 0.754. The van der Waals surface area contributed by atoms with Gasteiger partial charge in [0, 0.05) is 18.0 Å². The number of carboxylic acid groups (broad SMARTS) is 1. The van der Waals surface area contributed by atoms with Gasteiger partial charge in [0.25, 0.3) is 0 Å². The molecule has 0 saturated carbocycles. The lowest BCUT2D eigenvalue weighted by atomic mass is 10.0. The van der Waals surface area contributed by atoms with E-state index in [1.807, 2.05) is 11.8 Å². The first kappa shape index (κ1) is 16.3. The molecule has 0 aromatic carbocycles. The number of aromatic nitrogens is 1. The highest BCUT2D eigenvalue weighted by atomic mass is 32.2. The van der Waals surface area contributed by atoms with Crippen LogP contribution in [0.15, 0.2) is 4.34 Å². The molecule has 1 aromatic heterocycles. The van der Waals surface area contributed by atoms with E-state index in [0.717, 1.165) is 34.4 Å². The number of rotatable bonds is 5. The smallest absolute Gasteiger partial charge is 0.308 e. The Hall–Kier alpha value is -1.08. The molecule has 5 nitrogen and oxygen atoms in total. The third kappa shape index (κ3) is 4.71. The first-order valence-corrected chi connectivity index (χ1v) is 8.84. The van der Waals surface area contributed by atoms with E-state index in [2.05, 4.69) is 11.9 Å². The maximum absolute atomic E-state index is 12.2. The van der Waals surface area contributed by atoms with Gasteiger partial charge >= 0.3 is 5.97 Å². The zero-order valence-corrected chi connectivity index (χ0v) is 13.9. The number of hydrogen-bond donors (Lipinski definition) is 1. The molecule has 2 rings (SSSR count). The van der Waals surface area contributed by atoms with Crippen molar-refractivity contribution in [1.82, 2.24) is 9.88 Å². The van der Waals surface area contributed by atoms with E-state index >= 15 is 0 Å². The number of hydrogen-bond acceptors (Lipinski definition) is 5. The molecule has 0 spiro atoms. The van der Waals surface area contributed by atoms with Gasteiger partial charge < -0.3 is 10.0 Å². The topological polar surface area (TPSA) is 70.5 Å². The predicted octanol–water partition coefficient (Wildman–Crippen LogP) is 2.43. The van der Waals surface area contributed by atoms with Crippen LogP contribution in [0.2, 0.25) is 0 Å². The minimum atomic E-state index is -0.850. The van der Waals surface area contributed by atoms with Crippen molar-refractivity contribution < 1.29 is 14.7 Å². The summed E-state index contributed by atoms with van der Waals surface area (Å²) in [6, 6.07) is 0. The summed E-state index contributed by atoms with van der Waals surface area (Å²) in [6.07, 6.45) is 2.28. The summed E-state index contributed by atoms with van der Waals surface area (Å²) in [6.45, 7) is 5.69. The Morgan fingerprint density at radius 3 is 2.95 bits per heavy atom. The molecule has 1 aliphatic rings. The van der Waals surface area contributed by atoms with Crippen LogP contribution >= 0.6 is 23.1 Å². The number of carbonyl (C=O) groups is 2. The quantitative estimate of drug-likeness (QED) is 0.841. The van der Waals surface area contributed by atoms with Gasteiger partial charge in [0.05, 0.1) is 17.9 Å². The number of aliphatic carboxylic acids is 1. The molecule has 0 bridgehead atoms. The van der Waals surface area contributed by atoms with Crippen LogP contribution in [0.1, 0.15) is 30.3 Å². The van der Waals surface area contributed by atoms with E-state index in [1.165, 1.54) is 29.5 Å². The van der Waals surface area contributed by atoms with Crippen LogP contribution in [-0.2, 0) is 16.0 Å². The lowest BCUT2D eigenvalue weighted by molar-refractivity contribution is -0.136. The Bertz CT molecular complexity index is 530. The van der Waals surface area contributed by atoms with Crippen molar-refractivity contribution in [1.29, 1.82) is 0 Å². The van der Waals surface area contributed by atoms with Gasteiger partial charge in [-0.3, -0.25) is 9.59 Å². The van der Waals surface area contributed by atoms with Crippen LogP contribution in [0.3, 0.4) is 0 Å². The lowest BCUT2D eigenvalue weighted by Gasteiger charge is -2.30. The Labute approximate surface area is 132 Å². The number of amides is 1. The zero-order chi connectivity index (χ0) is 15.4. The summed E-state index contributed by atoms with van der Waals surface area (Å²) < 4.78 is 0.780. The molecule has 1 saturated heterocycles. The fourth-order valence-electron chi connectivity index (χ4n) is 2.40. The minimum Gasteiger partial charge on any atom is -0.481 e. The second-order valence-corrected chi connectivity index (χ2v) is 7.74. The van der Waals surface area contributed by atoms with Crippen molar-refractivity contribution >= 4 is 35.0 Å². The van der Waals surface area contributed by atoms with E-state index in [-0.39, 0.29) is 12.3 Å². The molecule has 2 heterocycles. The lowest BCUT2D eigenvalue weighted by Crippen LogP contribution is -2.40. The molecule has 0 aliphatic carbocycles. The van der Waals surface area contributed by atoms with Gasteiger partial charge in [0.15, 0.2) is 4.34 Å². The summed E-state index contributed by atoms with van der Waals surface area (Å²) in [5, 5.41) is 8.83. The van der Waals surface area contributed by atoms with Gasteiger partial charge in [0.2, 0.25) is 5.91 Å². The largest absolute Gasteiger partial charge is 0.481 e. The van der Waals surface area contributed by atoms with Gasteiger partial charge in [0.1, 0.15) is 0 Å². The normalized spacial score (nSPS) is 18.8. The van der Waals surface area contributed by atoms with Crippen LogP contribution in [0, 0.1) is 12.8 Å². The molecule has 1 fully saturated rings. The molecule has 1 atom stereocenters. The maximum atomic E-state index is 12.2. The summed E-state index contributed by atoms with van der Waals surface area (Å²) in [5.74, 6) is 0.263. The fraction of sp³-hybridized carbons (Fsp3) is 0.643. The molecule has 1 aliphatic heterocycles.